The Morgan fingerprint density at radius 3 is 1.09 bits per heavy atom. The molecule has 2 atom stereocenters. The summed E-state index contributed by atoms with van der Waals surface area (Å²) in [5.74, 6) is 0.434. The molecule has 7 nitrogen and oxygen atoms in total. The molecular weight excluding hydrogens is 474 g/mol. The summed E-state index contributed by atoms with van der Waals surface area (Å²) in [6, 6.07) is 32.4. The molecule has 0 heterocycles. The van der Waals surface area contributed by atoms with E-state index in [1.807, 2.05) is 0 Å². The van der Waals surface area contributed by atoms with Crippen LogP contribution in [0.4, 0.5) is 4.79 Å². The second-order valence-corrected chi connectivity index (χ2v) is 10.7. The summed E-state index contributed by atoms with van der Waals surface area (Å²) in [6.07, 6.45) is -1.47. The van der Waals surface area contributed by atoms with Gasteiger partial charge in [-0.25, -0.2) is 13.9 Å². The van der Waals surface area contributed by atoms with Crippen LogP contribution in [-0.2, 0) is 18.2 Å². The van der Waals surface area contributed by atoms with Gasteiger partial charge in [-0.3, -0.25) is 0 Å². The lowest BCUT2D eigenvalue weighted by atomic mass is 10.3. The zero-order valence-corrected chi connectivity index (χ0v) is 19.6. The van der Waals surface area contributed by atoms with Crippen LogP contribution >= 0.6 is 15.2 Å². The summed E-state index contributed by atoms with van der Waals surface area (Å²) >= 11 is 0. The maximum absolute atomic E-state index is 13.7. The van der Waals surface area contributed by atoms with Gasteiger partial charge in [0.1, 0.15) is 11.5 Å². The highest BCUT2D eigenvalue weighted by Gasteiger charge is 2.40. The van der Waals surface area contributed by atoms with Gasteiger partial charge < -0.3 is 18.1 Å². The van der Waals surface area contributed by atoms with Crippen LogP contribution in [0.5, 0.6) is 11.5 Å². The van der Waals surface area contributed by atoms with Gasteiger partial charge >= 0.3 is 21.3 Å². The van der Waals surface area contributed by atoms with E-state index >= 15 is 0 Å². The Kier molecular flexibility index (Phi) is 7.17. The van der Waals surface area contributed by atoms with Crippen LogP contribution < -0.4 is 19.7 Å². The van der Waals surface area contributed by atoms with Gasteiger partial charge in [-0.2, -0.15) is 0 Å². The van der Waals surface area contributed by atoms with Crippen molar-refractivity contribution in [3.63, 3.8) is 0 Å². The van der Waals surface area contributed by atoms with Gasteiger partial charge in [0, 0.05) is 0 Å². The van der Waals surface area contributed by atoms with E-state index in [1.54, 1.807) is 97.1 Å². The average molecular weight is 494 g/mol. The molecule has 34 heavy (non-hydrogen) atoms. The molecule has 4 rings (SSSR count). The molecule has 0 bridgehead atoms. The highest BCUT2D eigenvalue weighted by molar-refractivity contribution is 7.64. The lowest BCUT2D eigenvalue weighted by molar-refractivity contribution is 0.145. The number of carbonyl (C=O) groups is 1. The molecule has 9 heteroatoms. The fourth-order valence-electron chi connectivity index (χ4n) is 2.92. The number of rotatable bonds is 8. The lowest BCUT2D eigenvalue weighted by Crippen LogP contribution is -2.20. The molecule has 0 aliphatic carbocycles. The average Bonchev–Trinajstić information content (AvgIpc) is 2.86. The highest BCUT2D eigenvalue weighted by Crippen LogP contribution is 2.52. The number of benzene rings is 4. The third-order valence-electron chi connectivity index (χ3n) is 4.47. The number of carbonyl (C=O) groups excluding carboxylic acids is 1. The molecule has 0 N–H and O–H groups in total. The van der Waals surface area contributed by atoms with Crippen molar-refractivity contribution in [2.45, 2.75) is 0 Å². The standard InChI is InChI=1S/C25H20O7P2/c26-25(31-33(27,23-17-9-3-10-18-23)29-21-13-5-1-6-14-21)32-34(28,24-19-11-4-12-20-24)30-22-15-7-2-8-16-22/h1-20H. The van der Waals surface area contributed by atoms with E-state index in [4.69, 9.17) is 18.1 Å². The molecule has 0 spiro atoms. The summed E-state index contributed by atoms with van der Waals surface area (Å²) in [6.45, 7) is 0. The minimum Gasteiger partial charge on any atom is -0.413 e. The highest BCUT2D eigenvalue weighted by atomic mass is 31.2. The van der Waals surface area contributed by atoms with Crippen molar-refractivity contribution in [3.05, 3.63) is 121 Å². The van der Waals surface area contributed by atoms with Gasteiger partial charge in [0.2, 0.25) is 0 Å². The molecule has 0 aliphatic heterocycles. The van der Waals surface area contributed by atoms with Crippen molar-refractivity contribution >= 4 is 32.0 Å². The van der Waals surface area contributed by atoms with Gasteiger partial charge in [-0.1, -0.05) is 72.8 Å². The zero-order chi connectivity index (χ0) is 23.9. The van der Waals surface area contributed by atoms with E-state index in [0.29, 0.717) is 0 Å². The Morgan fingerprint density at radius 1 is 0.471 bits per heavy atom. The van der Waals surface area contributed by atoms with E-state index in [0.717, 1.165) is 0 Å². The molecule has 0 aromatic heterocycles. The Labute approximate surface area is 197 Å². The molecule has 0 amide bonds. The van der Waals surface area contributed by atoms with E-state index in [1.165, 1.54) is 24.3 Å². The minimum atomic E-state index is -4.26. The van der Waals surface area contributed by atoms with E-state index in [9.17, 15) is 13.9 Å². The van der Waals surface area contributed by atoms with Crippen LogP contribution in [0, 0.1) is 0 Å². The first-order valence-electron chi connectivity index (χ1n) is 10.2. The summed E-state index contributed by atoms with van der Waals surface area (Å²) in [7, 11) is -8.52. The van der Waals surface area contributed by atoms with Gasteiger partial charge in [0.05, 0.1) is 10.6 Å². The predicted molar refractivity (Wildman–Crippen MR) is 129 cm³/mol. The maximum Gasteiger partial charge on any atom is 0.523 e. The van der Waals surface area contributed by atoms with Crippen molar-refractivity contribution in [3.8, 4) is 11.5 Å². The number of hydrogen-bond donors (Lipinski definition) is 0. The van der Waals surface area contributed by atoms with Crippen LogP contribution in [-0.4, -0.2) is 6.16 Å². The van der Waals surface area contributed by atoms with Crippen LogP contribution in [0.15, 0.2) is 121 Å². The van der Waals surface area contributed by atoms with Crippen LogP contribution in [0.2, 0.25) is 0 Å². The van der Waals surface area contributed by atoms with Gasteiger partial charge in [0.25, 0.3) is 0 Å². The van der Waals surface area contributed by atoms with Crippen molar-refractivity contribution in [2.75, 3.05) is 0 Å². The van der Waals surface area contributed by atoms with E-state index in [2.05, 4.69) is 0 Å². The first kappa shape index (κ1) is 23.4. The molecule has 0 saturated heterocycles. The molecule has 0 saturated carbocycles. The number of para-hydroxylation sites is 2. The first-order chi connectivity index (χ1) is 16.5. The van der Waals surface area contributed by atoms with Gasteiger partial charge in [-0.15, -0.1) is 0 Å². The van der Waals surface area contributed by atoms with Crippen molar-refractivity contribution in [2.24, 2.45) is 0 Å². The summed E-state index contributed by atoms with van der Waals surface area (Å²) in [4.78, 5) is 12.9. The van der Waals surface area contributed by atoms with Crippen LogP contribution in [0.3, 0.4) is 0 Å². The molecule has 4 aromatic rings. The van der Waals surface area contributed by atoms with Crippen LogP contribution in [0.1, 0.15) is 0 Å². The minimum absolute atomic E-state index is 0.120. The van der Waals surface area contributed by atoms with Crippen molar-refractivity contribution in [1.82, 2.24) is 0 Å². The monoisotopic (exact) mass is 494 g/mol. The fraction of sp³-hybridized carbons (Fsp3) is 0. The first-order valence-corrected chi connectivity index (χ1v) is 13.3. The third kappa shape index (κ3) is 5.76. The Hall–Kier alpha value is -3.79. The van der Waals surface area contributed by atoms with Crippen molar-refractivity contribution < 1.29 is 32.0 Å². The van der Waals surface area contributed by atoms with Gasteiger partial charge in [0.15, 0.2) is 0 Å². The van der Waals surface area contributed by atoms with Crippen LogP contribution in [0.25, 0.3) is 0 Å². The number of hydrogen-bond acceptors (Lipinski definition) is 7. The Balaban J connectivity index is 1.63. The third-order valence-corrected chi connectivity index (χ3v) is 8.01. The Morgan fingerprint density at radius 2 is 0.765 bits per heavy atom. The van der Waals surface area contributed by atoms with E-state index < -0.39 is 21.3 Å². The normalized spacial score (nSPS) is 14.1. The molecule has 0 radical (unpaired) electrons. The molecular formula is C25H20O7P2. The predicted octanol–water partition coefficient (Wildman–Crippen LogP) is 6.33. The summed E-state index contributed by atoms with van der Waals surface area (Å²) in [5.41, 5.74) is 0. The van der Waals surface area contributed by atoms with E-state index in [-0.39, 0.29) is 22.1 Å². The SMILES string of the molecule is O=C(OP(=O)(Oc1ccccc1)c1ccccc1)OP(=O)(Oc1ccccc1)c1ccccc1. The molecule has 4 aromatic carbocycles. The second-order valence-electron chi connectivity index (χ2n) is 6.91. The Bertz CT molecular complexity index is 1210. The largest absolute Gasteiger partial charge is 0.523 e. The molecule has 0 aliphatic rings. The zero-order valence-electron chi connectivity index (χ0n) is 17.8. The maximum atomic E-state index is 13.7. The summed E-state index contributed by atoms with van der Waals surface area (Å²) < 4.78 is 49.0. The fourth-order valence-corrected chi connectivity index (χ4v) is 5.82. The van der Waals surface area contributed by atoms with Gasteiger partial charge in [-0.05, 0) is 48.5 Å². The lowest BCUT2D eigenvalue weighted by Gasteiger charge is -2.22. The smallest absolute Gasteiger partial charge is 0.413 e. The second kappa shape index (κ2) is 10.4. The molecule has 0 fully saturated rings. The quantitative estimate of drug-likeness (QED) is 0.264. The molecule has 172 valence electrons. The molecule has 2 unspecified atom stereocenters. The summed E-state index contributed by atoms with van der Waals surface area (Å²) in [5, 5.41) is 0.239. The van der Waals surface area contributed by atoms with Crippen molar-refractivity contribution in [1.29, 1.82) is 0 Å². The topological polar surface area (TPSA) is 88.1 Å².